The van der Waals surface area contributed by atoms with E-state index in [1.165, 1.54) is 0 Å². The van der Waals surface area contributed by atoms with E-state index < -0.39 is 47.6 Å². The first-order valence-electron chi connectivity index (χ1n) is 7.41. The first-order chi connectivity index (χ1) is 12.2. The number of alkyl halides is 1. The number of carbonyl (C=O) groups excluding carboxylic acids is 3. The molecule has 0 bridgehead atoms. The zero-order valence-corrected chi connectivity index (χ0v) is 15.3. The van der Waals surface area contributed by atoms with Gasteiger partial charge in [0.25, 0.3) is 5.24 Å². The zero-order valence-electron chi connectivity index (χ0n) is 13.7. The molecule has 0 aliphatic carbocycles. The van der Waals surface area contributed by atoms with Crippen LogP contribution in [-0.2, 0) is 19.2 Å². The largest absolute Gasteiger partial charge is 0.480 e. The Bertz CT molecular complexity index is 535. The van der Waals surface area contributed by atoms with Gasteiger partial charge in [0.1, 0.15) is 18.6 Å². The van der Waals surface area contributed by atoms with Gasteiger partial charge in [-0.25, -0.2) is 0 Å². The van der Waals surface area contributed by atoms with Crippen molar-refractivity contribution in [3.8, 4) is 0 Å². The molecule has 2 atom stereocenters. The topological polar surface area (TPSA) is 188 Å². The Kier molecular flexibility index (Phi) is 12.2. The van der Waals surface area contributed by atoms with Crippen LogP contribution in [0.1, 0.15) is 12.8 Å². The van der Waals surface area contributed by atoms with E-state index in [0.717, 1.165) is 0 Å². The van der Waals surface area contributed by atoms with Crippen molar-refractivity contribution in [3.63, 3.8) is 0 Å². The fourth-order valence-corrected chi connectivity index (χ4v) is 2.36. The summed E-state index contributed by atoms with van der Waals surface area (Å²) in [5, 5.41) is 23.7. The molecule has 0 saturated carbocycles. The third-order valence-corrected chi connectivity index (χ3v) is 3.91. The molecule has 0 aromatic heterocycles. The summed E-state index contributed by atoms with van der Waals surface area (Å²) in [7, 11) is 0. The van der Waals surface area contributed by atoms with E-state index in [1.54, 1.807) is 0 Å². The Hall–Kier alpha value is -2.05. The lowest BCUT2D eigenvalue weighted by atomic mass is 10.1. The second kappa shape index (κ2) is 13.2. The zero-order chi connectivity index (χ0) is 20.1. The second-order valence-electron chi connectivity index (χ2n) is 4.93. The van der Waals surface area contributed by atoms with Crippen LogP contribution in [0.2, 0.25) is 0 Å². The van der Waals surface area contributed by atoms with Crippen LogP contribution in [0, 0.1) is 0 Å². The van der Waals surface area contributed by atoms with Gasteiger partial charge < -0.3 is 31.9 Å². The molecule has 0 spiro atoms. The molecule has 0 unspecified atom stereocenters. The highest BCUT2D eigenvalue weighted by molar-refractivity contribution is 8.13. The highest BCUT2D eigenvalue weighted by Crippen LogP contribution is 2.06. The highest BCUT2D eigenvalue weighted by Gasteiger charge is 2.23. The van der Waals surface area contributed by atoms with Gasteiger partial charge in [0.05, 0.1) is 0 Å². The molecule has 0 saturated heterocycles. The van der Waals surface area contributed by atoms with Gasteiger partial charge in [0, 0.05) is 24.6 Å². The van der Waals surface area contributed by atoms with Crippen LogP contribution in [0.4, 0.5) is 4.79 Å². The maximum Gasteiger partial charge on any atom is 0.322 e. The number of nitrogens with two attached hydrogens (primary N) is 1. The van der Waals surface area contributed by atoms with E-state index in [1.807, 2.05) is 0 Å². The number of nitrogens with one attached hydrogen (secondary N) is 3. The number of carboxylic acid groups (broad SMARTS) is 2. The van der Waals surface area contributed by atoms with Crippen LogP contribution in [0.5, 0.6) is 0 Å². The van der Waals surface area contributed by atoms with Gasteiger partial charge in [-0.05, 0) is 6.42 Å². The van der Waals surface area contributed by atoms with Crippen molar-refractivity contribution >= 4 is 52.4 Å². The average molecular weight is 413 g/mol. The summed E-state index contributed by atoms with van der Waals surface area (Å²) in [6.45, 7) is -0.430. The molecule has 0 rings (SSSR count). The van der Waals surface area contributed by atoms with Crippen molar-refractivity contribution in [2.24, 2.45) is 5.73 Å². The predicted molar refractivity (Wildman–Crippen MR) is 94.0 cm³/mol. The van der Waals surface area contributed by atoms with Crippen LogP contribution in [-0.4, -0.2) is 76.0 Å². The summed E-state index contributed by atoms with van der Waals surface area (Å²) in [5.41, 5.74) is 5.29. The molecule has 0 aromatic rings. The van der Waals surface area contributed by atoms with Gasteiger partial charge in [-0.15, -0.1) is 11.6 Å². The summed E-state index contributed by atoms with van der Waals surface area (Å²) in [4.78, 5) is 56.5. The third-order valence-electron chi connectivity index (χ3n) is 2.81. The molecule has 13 heteroatoms. The first-order valence-corrected chi connectivity index (χ1v) is 8.93. The Morgan fingerprint density at radius 2 is 1.77 bits per heavy atom. The number of thioether (sulfide) groups is 1. The Labute approximate surface area is 158 Å². The number of halogens is 1. The second-order valence-corrected chi connectivity index (χ2v) is 6.30. The monoisotopic (exact) mass is 412 g/mol. The van der Waals surface area contributed by atoms with Crippen LogP contribution < -0.4 is 21.7 Å². The van der Waals surface area contributed by atoms with E-state index in [2.05, 4.69) is 16.0 Å². The number of carbonyl (C=O) groups is 5. The van der Waals surface area contributed by atoms with Gasteiger partial charge in [0.15, 0.2) is 0 Å². The fourth-order valence-electron chi connectivity index (χ4n) is 1.50. The Balaban J connectivity index is 4.67. The van der Waals surface area contributed by atoms with E-state index in [0.29, 0.717) is 11.8 Å². The molecule has 0 radical (unpaired) electrons. The molecular formula is C13H21ClN4O7S. The lowest BCUT2D eigenvalue weighted by Crippen LogP contribution is -2.49. The lowest BCUT2D eigenvalue weighted by Gasteiger charge is -2.18. The van der Waals surface area contributed by atoms with E-state index in [9.17, 15) is 24.0 Å². The molecule has 7 N–H and O–H groups in total. The standard InChI is InChI=1S/C13H21ClN4O7S/c14-3-4-16-13(25)26-6-8(11(22)17-5-10(20)21)18-9(19)2-1-7(15)12(23)24/h7-8H,1-6,15H2,(H,16,25)(H,17,22)(H,18,19)(H,20,21)(H,23,24)/t7-,8-/m0/s1. The van der Waals surface area contributed by atoms with Crippen molar-refractivity contribution in [2.75, 3.05) is 24.7 Å². The molecule has 0 aromatic carbocycles. The molecule has 0 heterocycles. The van der Waals surface area contributed by atoms with E-state index >= 15 is 0 Å². The predicted octanol–water partition coefficient (Wildman–Crippen LogP) is -1.45. The highest BCUT2D eigenvalue weighted by atomic mass is 35.5. The molecule has 0 aliphatic rings. The van der Waals surface area contributed by atoms with Crippen LogP contribution in [0.15, 0.2) is 0 Å². The molecule has 148 valence electrons. The molecule has 3 amide bonds. The number of hydrogen-bond donors (Lipinski definition) is 6. The normalized spacial score (nSPS) is 12.5. The minimum Gasteiger partial charge on any atom is -0.480 e. The van der Waals surface area contributed by atoms with Crippen molar-refractivity contribution in [2.45, 2.75) is 24.9 Å². The molecule has 11 nitrogen and oxygen atoms in total. The van der Waals surface area contributed by atoms with Gasteiger partial charge in [-0.3, -0.25) is 24.0 Å². The third kappa shape index (κ3) is 11.5. The summed E-state index contributed by atoms with van der Waals surface area (Å²) in [6.07, 6.45) is -0.396. The number of hydrogen-bond acceptors (Lipinski definition) is 7. The fraction of sp³-hybridized carbons (Fsp3) is 0.615. The van der Waals surface area contributed by atoms with Gasteiger partial charge >= 0.3 is 11.9 Å². The molecule has 26 heavy (non-hydrogen) atoms. The van der Waals surface area contributed by atoms with Gasteiger partial charge in [-0.2, -0.15) is 0 Å². The Morgan fingerprint density at radius 3 is 2.31 bits per heavy atom. The summed E-state index contributed by atoms with van der Waals surface area (Å²) >= 11 is 6.14. The molecular weight excluding hydrogens is 392 g/mol. The number of amides is 3. The van der Waals surface area contributed by atoms with Gasteiger partial charge in [0.2, 0.25) is 11.8 Å². The number of rotatable bonds is 12. The summed E-state index contributed by atoms with van der Waals surface area (Å²) < 4.78 is 0. The smallest absolute Gasteiger partial charge is 0.322 e. The quantitative estimate of drug-likeness (QED) is 0.208. The lowest BCUT2D eigenvalue weighted by molar-refractivity contribution is -0.139. The number of carboxylic acids is 2. The Morgan fingerprint density at radius 1 is 1.12 bits per heavy atom. The number of aliphatic carboxylic acids is 2. The molecule has 0 aliphatic heterocycles. The maximum atomic E-state index is 12.0. The van der Waals surface area contributed by atoms with E-state index in [4.69, 9.17) is 27.5 Å². The van der Waals surface area contributed by atoms with Gasteiger partial charge in [-0.1, -0.05) is 11.8 Å². The molecule has 0 fully saturated rings. The van der Waals surface area contributed by atoms with Crippen molar-refractivity contribution in [1.29, 1.82) is 0 Å². The van der Waals surface area contributed by atoms with Crippen molar-refractivity contribution < 1.29 is 34.2 Å². The van der Waals surface area contributed by atoms with E-state index in [-0.39, 0.29) is 31.0 Å². The van der Waals surface area contributed by atoms with Crippen LogP contribution in [0.25, 0.3) is 0 Å². The SMILES string of the molecule is N[C@@H](CCC(=O)N[C@@H](CSC(=O)NCCCl)C(=O)NCC(=O)O)C(=O)O. The summed E-state index contributed by atoms with van der Waals surface area (Å²) in [6, 6.07) is -2.41. The first kappa shape index (κ1) is 23.9. The summed E-state index contributed by atoms with van der Waals surface area (Å²) in [5.74, 6) is -3.94. The van der Waals surface area contributed by atoms with Crippen molar-refractivity contribution in [3.05, 3.63) is 0 Å². The minimum absolute atomic E-state index is 0.145. The van der Waals surface area contributed by atoms with Crippen LogP contribution in [0.3, 0.4) is 0 Å². The van der Waals surface area contributed by atoms with Crippen LogP contribution >= 0.6 is 23.4 Å². The minimum atomic E-state index is -1.27. The van der Waals surface area contributed by atoms with Crippen molar-refractivity contribution in [1.82, 2.24) is 16.0 Å². The average Bonchev–Trinajstić information content (AvgIpc) is 2.58. The maximum absolute atomic E-state index is 12.0.